The first-order valence-corrected chi connectivity index (χ1v) is 9.87. The summed E-state index contributed by atoms with van der Waals surface area (Å²) in [7, 11) is 0. The maximum atomic E-state index is 13.2. The molecule has 1 saturated carbocycles. The van der Waals surface area contributed by atoms with Crippen LogP contribution in [0.25, 0.3) is 0 Å². The Morgan fingerprint density at radius 2 is 1.67 bits per heavy atom. The Balaban J connectivity index is 2.61. The van der Waals surface area contributed by atoms with Gasteiger partial charge in [0.2, 0.25) is 0 Å². The maximum absolute atomic E-state index is 13.2. The second-order valence-corrected chi connectivity index (χ2v) is 7.97. The van der Waals surface area contributed by atoms with Crippen molar-refractivity contribution in [2.45, 2.75) is 58.8 Å². The van der Waals surface area contributed by atoms with Crippen LogP contribution in [0.2, 0.25) is 0 Å². The third-order valence-corrected chi connectivity index (χ3v) is 5.78. The molecule has 27 heavy (non-hydrogen) atoms. The van der Waals surface area contributed by atoms with E-state index < -0.39 is 17.4 Å². The van der Waals surface area contributed by atoms with E-state index in [-0.39, 0.29) is 24.5 Å². The van der Waals surface area contributed by atoms with E-state index in [0.29, 0.717) is 12.0 Å². The minimum Gasteiger partial charge on any atom is -0.465 e. The van der Waals surface area contributed by atoms with Crippen LogP contribution in [-0.4, -0.2) is 25.2 Å². The number of ether oxygens (including phenoxy) is 2. The predicted molar refractivity (Wildman–Crippen MR) is 106 cm³/mol. The van der Waals surface area contributed by atoms with Crippen molar-refractivity contribution in [2.75, 3.05) is 13.2 Å². The van der Waals surface area contributed by atoms with Crippen molar-refractivity contribution >= 4 is 11.9 Å². The molecule has 4 heteroatoms. The van der Waals surface area contributed by atoms with Crippen LogP contribution in [0.15, 0.2) is 42.5 Å². The maximum Gasteiger partial charge on any atom is 0.328 e. The zero-order valence-electron chi connectivity index (χ0n) is 17.0. The quantitative estimate of drug-likeness (QED) is 0.391. The van der Waals surface area contributed by atoms with Crippen LogP contribution in [0.4, 0.5) is 0 Å². The van der Waals surface area contributed by atoms with Crippen molar-refractivity contribution in [1.29, 1.82) is 0 Å². The zero-order valence-corrected chi connectivity index (χ0v) is 17.0. The molecule has 2 rings (SSSR count). The summed E-state index contributed by atoms with van der Waals surface area (Å²) < 4.78 is 10.8. The van der Waals surface area contributed by atoms with Crippen molar-refractivity contribution < 1.29 is 19.1 Å². The molecule has 0 aromatic heterocycles. The lowest BCUT2D eigenvalue weighted by molar-refractivity contribution is -0.166. The first kappa shape index (κ1) is 21.2. The van der Waals surface area contributed by atoms with Gasteiger partial charge in [0.1, 0.15) is 0 Å². The first-order chi connectivity index (χ1) is 12.8. The van der Waals surface area contributed by atoms with Gasteiger partial charge in [-0.3, -0.25) is 9.59 Å². The topological polar surface area (TPSA) is 52.6 Å². The summed E-state index contributed by atoms with van der Waals surface area (Å²) in [5.41, 5.74) is 0.195. The van der Waals surface area contributed by atoms with E-state index in [4.69, 9.17) is 9.47 Å². The van der Waals surface area contributed by atoms with Crippen LogP contribution in [0.5, 0.6) is 0 Å². The fraction of sp³-hybridized carbons (Fsp3) is 0.565. The Hall–Kier alpha value is -2.10. The molecule has 1 unspecified atom stereocenters. The molecule has 0 spiro atoms. The average Bonchev–Trinajstić information content (AvgIpc) is 2.62. The van der Waals surface area contributed by atoms with Crippen LogP contribution in [-0.2, 0) is 24.5 Å². The summed E-state index contributed by atoms with van der Waals surface area (Å²) in [5.74, 6) is -1.05. The molecule has 0 radical (unpaired) electrons. The van der Waals surface area contributed by atoms with Crippen LogP contribution >= 0.6 is 0 Å². The SMILES string of the molecule is C=C1CCCC(C)(C)C1CC(C(=O)OCC)(C(=O)OCC)c1ccccc1. The largest absolute Gasteiger partial charge is 0.465 e. The van der Waals surface area contributed by atoms with Gasteiger partial charge in [0, 0.05) is 0 Å². The summed E-state index contributed by atoms with van der Waals surface area (Å²) in [6.07, 6.45) is 3.36. The molecule has 1 aromatic rings. The number of carbonyl (C=O) groups is 2. The number of rotatable bonds is 7. The van der Waals surface area contributed by atoms with Crippen LogP contribution in [0.3, 0.4) is 0 Å². The Morgan fingerprint density at radius 3 is 2.15 bits per heavy atom. The summed E-state index contributed by atoms with van der Waals surface area (Å²) in [5, 5.41) is 0. The van der Waals surface area contributed by atoms with Gasteiger partial charge in [0.05, 0.1) is 13.2 Å². The smallest absolute Gasteiger partial charge is 0.328 e. The summed E-state index contributed by atoms with van der Waals surface area (Å²) in [6.45, 7) is 12.6. The molecule has 0 aliphatic heterocycles. The molecule has 1 fully saturated rings. The third kappa shape index (κ3) is 4.26. The molecule has 0 amide bonds. The van der Waals surface area contributed by atoms with Gasteiger partial charge in [-0.1, -0.05) is 56.3 Å². The molecule has 4 nitrogen and oxygen atoms in total. The molecule has 0 N–H and O–H groups in total. The number of carbonyl (C=O) groups excluding carboxylic acids is 2. The second-order valence-electron chi connectivity index (χ2n) is 7.97. The standard InChI is InChI=1S/C23H32O4/c1-6-26-20(24)23(21(25)27-7-2,18-13-9-8-10-14-18)16-19-17(3)12-11-15-22(19,4)5/h8-10,13-14,19H,3,6-7,11-12,15-16H2,1-2,4-5H3. The lowest BCUT2D eigenvalue weighted by atomic mass is 9.60. The lowest BCUT2D eigenvalue weighted by Gasteiger charge is -2.44. The summed E-state index contributed by atoms with van der Waals surface area (Å²) in [4.78, 5) is 26.4. The van der Waals surface area contributed by atoms with Gasteiger partial charge in [0.15, 0.2) is 5.41 Å². The number of allylic oxidation sites excluding steroid dienone is 1. The predicted octanol–water partition coefficient (Wildman–Crippen LogP) is 4.82. The molecule has 0 heterocycles. The number of hydrogen-bond acceptors (Lipinski definition) is 4. The Kier molecular flexibility index (Phi) is 6.85. The van der Waals surface area contributed by atoms with E-state index in [1.807, 2.05) is 30.3 Å². The van der Waals surface area contributed by atoms with Gasteiger partial charge in [-0.25, -0.2) is 0 Å². The average molecular weight is 373 g/mol. The molecule has 1 aliphatic rings. The van der Waals surface area contributed by atoms with E-state index in [2.05, 4.69) is 20.4 Å². The molecular formula is C23H32O4. The molecule has 1 aliphatic carbocycles. The van der Waals surface area contributed by atoms with Gasteiger partial charge in [-0.05, 0) is 56.4 Å². The lowest BCUT2D eigenvalue weighted by Crippen LogP contribution is -2.49. The minimum absolute atomic E-state index is 0.0280. The van der Waals surface area contributed by atoms with E-state index in [1.165, 1.54) is 0 Å². The van der Waals surface area contributed by atoms with Crippen LogP contribution in [0.1, 0.15) is 58.9 Å². The van der Waals surface area contributed by atoms with Crippen molar-refractivity contribution in [2.24, 2.45) is 11.3 Å². The molecule has 0 saturated heterocycles. The zero-order chi connectivity index (χ0) is 20.1. The molecular weight excluding hydrogens is 340 g/mol. The number of hydrogen-bond donors (Lipinski definition) is 0. The van der Waals surface area contributed by atoms with Crippen molar-refractivity contribution in [3.05, 3.63) is 48.0 Å². The highest BCUT2D eigenvalue weighted by molar-refractivity contribution is 6.06. The van der Waals surface area contributed by atoms with Crippen LogP contribution in [0, 0.1) is 11.3 Å². The van der Waals surface area contributed by atoms with E-state index in [0.717, 1.165) is 24.8 Å². The van der Waals surface area contributed by atoms with Gasteiger partial charge >= 0.3 is 11.9 Å². The van der Waals surface area contributed by atoms with Crippen molar-refractivity contribution in [1.82, 2.24) is 0 Å². The summed E-state index contributed by atoms with van der Waals surface area (Å²) >= 11 is 0. The number of benzene rings is 1. The molecule has 1 atom stereocenters. The van der Waals surface area contributed by atoms with Gasteiger partial charge in [-0.2, -0.15) is 0 Å². The monoisotopic (exact) mass is 372 g/mol. The fourth-order valence-electron chi connectivity index (χ4n) is 4.23. The van der Waals surface area contributed by atoms with E-state index in [1.54, 1.807) is 13.8 Å². The van der Waals surface area contributed by atoms with Crippen molar-refractivity contribution in [3.8, 4) is 0 Å². The first-order valence-electron chi connectivity index (χ1n) is 9.87. The van der Waals surface area contributed by atoms with Gasteiger partial charge in [0.25, 0.3) is 0 Å². The Labute approximate surface area is 162 Å². The van der Waals surface area contributed by atoms with Crippen LogP contribution < -0.4 is 0 Å². The normalized spacial score (nSPS) is 19.4. The van der Waals surface area contributed by atoms with Gasteiger partial charge in [-0.15, -0.1) is 0 Å². The highest BCUT2D eigenvalue weighted by atomic mass is 16.6. The van der Waals surface area contributed by atoms with E-state index in [9.17, 15) is 9.59 Å². The fourth-order valence-corrected chi connectivity index (χ4v) is 4.23. The second kappa shape index (κ2) is 8.73. The molecule has 0 bridgehead atoms. The molecule has 148 valence electrons. The molecule has 1 aromatic carbocycles. The highest BCUT2D eigenvalue weighted by Gasteiger charge is 2.54. The minimum atomic E-state index is -1.48. The third-order valence-electron chi connectivity index (χ3n) is 5.78. The Bertz CT molecular complexity index is 657. The van der Waals surface area contributed by atoms with Crippen molar-refractivity contribution in [3.63, 3.8) is 0 Å². The number of esters is 2. The highest BCUT2D eigenvalue weighted by Crippen LogP contribution is 2.49. The summed E-state index contributed by atoms with van der Waals surface area (Å²) in [6, 6.07) is 9.17. The van der Waals surface area contributed by atoms with E-state index >= 15 is 0 Å². The van der Waals surface area contributed by atoms with Gasteiger partial charge < -0.3 is 9.47 Å². The Morgan fingerprint density at radius 1 is 1.11 bits per heavy atom.